The molecule has 0 N–H and O–H groups in total. The van der Waals surface area contributed by atoms with Gasteiger partial charge in [-0.3, -0.25) is 19.7 Å². The summed E-state index contributed by atoms with van der Waals surface area (Å²) in [6, 6.07) is 3.80. The standard InChI is InChI=1S/C17H18BrClN2O6S/c1-16-6-5-11(13(18)14(16)22)17(16,2)8-28(25,26)21-15(27-21)10-7-9(20(23)24)3-4-12(10)19/h3-4,7,11,13,15H,5-6,8H2,1-2H3/t11-,13-,15+,16+,17?,21?/m0/s1. The van der Waals surface area contributed by atoms with E-state index < -0.39 is 32.0 Å². The van der Waals surface area contributed by atoms with Crippen LogP contribution in [0.25, 0.3) is 0 Å². The maximum atomic E-state index is 13.0. The number of nitrogens with zero attached hydrogens (tertiary/aromatic N) is 2. The highest BCUT2D eigenvalue weighted by molar-refractivity contribution is 9.10. The fourth-order valence-electron chi connectivity index (χ4n) is 4.81. The molecule has 152 valence electrons. The number of nitro benzene ring substituents is 1. The summed E-state index contributed by atoms with van der Waals surface area (Å²) in [6.07, 6.45) is 0.444. The van der Waals surface area contributed by atoms with Gasteiger partial charge in [-0.1, -0.05) is 41.4 Å². The highest BCUT2D eigenvalue weighted by atomic mass is 79.9. The number of alkyl halides is 1. The Morgan fingerprint density at radius 3 is 2.68 bits per heavy atom. The lowest BCUT2D eigenvalue weighted by atomic mass is 9.70. The minimum atomic E-state index is -3.88. The average Bonchev–Trinajstić information content (AvgIpc) is 3.34. The molecule has 8 nitrogen and oxygen atoms in total. The maximum Gasteiger partial charge on any atom is 0.269 e. The number of fused-ring (bicyclic) bond motifs is 2. The fraction of sp³-hybridized carbons (Fsp3) is 0.588. The van der Waals surface area contributed by atoms with Crippen molar-refractivity contribution in [1.29, 1.82) is 0 Å². The fourth-order valence-corrected chi connectivity index (χ4v) is 8.41. The van der Waals surface area contributed by atoms with E-state index in [-0.39, 0.29) is 38.6 Å². The molecule has 6 atom stereocenters. The number of hydrogen-bond acceptors (Lipinski definition) is 6. The number of ketones is 1. The second kappa shape index (κ2) is 6.21. The smallest absolute Gasteiger partial charge is 0.269 e. The highest BCUT2D eigenvalue weighted by Gasteiger charge is 2.69. The normalized spacial score (nSPS) is 39.4. The number of hydrogen-bond donors (Lipinski definition) is 0. The molecule has 2 unspecified atom stereocenters. The Morgan fingerprint density at radius 2 is 2.11 bits per heavy atom. The first kappa shape index (κ1) is 20.2. The van der Waals surface area contributed by atoms with Crippen LogP contribution in [0.5, 0.6) is 0 Å². The Balaban J connectivity index is 1.60. The number of nitro groups is 1. The summed E-state index contributed by atoms with van der Waals surface area (Å²) in [4.78, 5) is 28.0. The van der Waals surface area contributed by atoms with Crippen molar-refractivity contribution in [3.63, 3.8) is 0 Å². The molecule has 1 heterocycles. The van der Waals surface area contributed by atoms with Crippen LogP contribution in [0, 0.1) is 26.9 Å². The monoisotopic (exact) mass is 492 g/mol. The van der Waals surface area contributed by atoms with Crippen LogP contribution in [0.15, 0.2) is 18.2 Å². The second-order valence-electron chi connectivity index (χ2n) is 8.09. The SMILES string of the molecule is CC1(CS(=O)(=O)N2O[C@@H]2c2cc([N+](=O)[O-])ccc2Cl)[C@H]2CC[C@]1(C)C(=O)[C@H]2Br. The molecule has 11 heteroatoms. The van der Waals surface area contributed by atoms with Gasteiger partial charge in [0.15, 0.2) is 12.0 Å². The molecule has 2 saturated carbocycles. The number of sulfonamides is 1. The van der Waals surface area contributed by atoms with E-state index in [4.69, 9.17) is 16.4 Å². The minimum Gasteiger partial charge on any atom is -0.298 e. The molecule has 0 radical (unpaired) electrons. The molecule has 28 heavy (non-hydrogen) atoms. The summed E-state index contributed by atoms with van der Waals surface area (Å²) in [6.45, 7) is 3.68. The summed E-state index contributed by atoms with van der Waals surface area (Å²) >= 11 is 9.53. The van der Waals surface area contributed by atoms with Gasteiger partial charge in [-0.15, -0.1) is 0 Å². The van der Waals surface area contributed by atoms with Gasteiger partial charge < -0.3 is 0 Å². The Labute approximate surface area is 175 Å². The molecule has 1 saturated heterocycles. The van der Waals surface area contributed by atoms with Gasteiger partial charge >= 0.3 is 0 Å². The van der Waals surface area contributed by atoms with Gasteiger partial charge in [0, 0.05) is 28.1 Å². The van der Waals surface area contributed by atoms with Gasteiger partial charge in [-0.05, 0) is 34.7 Å². The van der Waals surface area contributed by atoms with Crippen molar-refractivity contribution in [2.45, 2.75) is 37.7 Å². The Bertz CT molecular complexity index is 1000. The lowest BCUT2D eigenvalue weighted by Gasteiger charge is -2.35. The topological polar surface area (TPSA) is 110 Å². The highest BCUT2D eigenvalue weighted by Crippen LogP contribution is 2.66. The summed E-state index contributed by atoms with van der Waals surface area (Å²) in [7, 11) is -3.88. The molecule has 1 aliphatic heterocycles. The predicted octanol–water partition coefficient (Wildman–Crippen LogP) is 3.59. The third-order valence-corrected chi connectivity index (χ3v) is 9.93. The van der Waals surface area contributed by atoms with Gasteiger partial charge in [-0.25, -0.2) is 8.42 Å². The molecule has 4 rings (SSSR count). The summed E-state index contributed by atoms with van der Waals surface area (Å²) in [5, 5.41) is 11.2. The summed E-state index contributed by atoms with van der Waals surface area (Å²) in [5.41, 5.74) is -1.42. The van der Waals surface area contributed by atoms with Gasteiger partial charge in [-0.2, -0.15) is 0 Å². The molecule has 1 aromatic carbocycles. The van der Waals surface area contributed by atoms with E-state index in [0.29, 0.717) is 6.42 Å². The van der Waals surface area contributed by atoms with Crippen LogP contribution in [0.3, 0.4) is 0 Å². The lowest BCUT2D eigenvalue weighted by Crippen LogP contribution is -2.41. The van der Waals surface area contributed by atoms with Crippen molar-refractivity contribution >= 4 is 49.0 Å². The van der Waals surface area contributed by atoms with Crippen LogP contribution >= 0.6 is 27.5 Å². The second-order valence-corrected chi connectivity index (χ2v) is 11.3. The molecular weight excluding hydrogens is 476 g/mol. The molecular formula is C17H18BrClN2O6S. The van der Waals surface area contributed by atoms with Gasteiger partial charge in [0.1, 0.15) is 0 Å². The molecule has 2 bridgehead atoms. The summed E-state index contributed by atoms with van der Waals surface area (Å²) in [5.74, 6) is -0.260. The number of carbonyl (C=O) groups excluding carboxylic acids is 1. The van der Waals surface area contributed by atoms with Gasteiger partial charge in [0.05, 0.1) is 15.5 Å². The Morgan fingerprint density at radius 1 is 1.43 bits per heavy atom. The van der Waals surface area contributed by atoms with Gasteiger partial charge in [0.2, 0.25) is 10.0 Å². The van der Waals surface area contributed by atoms with E-state index in [9.17, 15) is 23.3 Å². The van der Waals surface area contributed by atoms with Crippen molar-refractivity contribution in [2.75, 3.05) is 5.75 Å². The molecule has 0 spiro atoms. The number of carbonyl (C=O) groups is 1. The van der Waals surface area contributed by atoms with Crippen molar-refractivity contribution in [1.82, 2.24) is 4.47 Å². The zero-order valence-corrected chi connectivity index (χ0v) is 18.3. The van der Waals surface area contributed by atoms with E-state index in [2.05, 4.69) is 15.9 Å². The molecule has 0 aromatic heterocycles. The van der Waals surface area contributed by atoms with E-state index in [0.717, 1.165) is 10.9 Å². The largest absolute Gasteiger partial charge is 0.298 e. The Kier molecular flexibility index (Phi) is 4.49. The number of hydroxylamine groups is 1. The quantitative estimate of drug-likeness (QED) is 0.268. The van der Waals surface area contributed by atoms with Crippen molar-refractivity contribution in [3.05, 3.63) is 38.9 Å². The van der Waals surface area contributed by atoms with Crippen LogP contribution < -0.4 is 0 Å². The first-order chi connectivity index (χ1) is 12.9. The van der Waals surface area contributed by atoms with E-state index >= 15 is 0 Å². The first-order valence-electron chi connectivity index (χ1n) is 8.73. The number of benzene rings is 1. The number of non-ortho nitro benzene ring substituents is 1. The molecule has 3 aliphatic rings. The first-order valence-corrected chi connectivity index (χ1v) is 11.6. The van der Waals surface area contributed by atoms with E-state index in [1.807, 2.05) is 13.8 Å². The van der Waals surface area contributed by atoms with Crippen LogP contribution in [-0.2, 0) is 19.7 Å². The Hall–Kier alpha value is -1.07. The van der Waals surface area contributed by atoms with Crippen LogP contribution in [0.1, 0.15) is 38.5 Å². The molecule has 0 amide bonds. The van der Waals surface area contributed by atoms with Crippen LogP contribution in [0.2, 0.25) is 5.02 Å². The lowest BCUT2D eigenvalue weighted by molar-refractivity contribution is -0.384. The zero-order chi connectivity index (χ0) is 20.6. The van der Waals surface area contributed by atoms with Crippen molar-refractivity contribution in [3.8, 4) is 0 Å². The number of halogens is 2. The van der Waals surface area contributed by atoms with E-state index in [1.54, 1.807) is 0 Å². The van der Waals surface area contributed by atoms with Crippen LogP contribution in [0.4, 0.5) is 5.69 Å². The molecule has 1 aromatic rings. The third kappa shape index (κ3) is 2.68. The van der Waals surface area contributed by atoms with E-state index in [1.165, 1.54) is 18.2 Å². The van der Waals surface area contributed by atoms with Crippen molar-refractivity contribution in [2.24, 2.45) is 16.7 Å². The molecule has 3 fully saturated rings. The molecule has 2 aliphatic carbocycles. The van der Waals surface area contributed by atoms with Gasteiger partial charge in [0.25, 0.3) is 5.69 Å². The minimum absolute atomic E-state index is 0.0476. The van der Waals surface area contributed by atoms with Crippen LogP contribution in [-0.4, -0.2) is 34.2 Å². The average molecular weight is 494 g/mol. The predicted molar refractivity (Wildman–Crippen MR) is 104 cm³/mol. The zero-order valence-electron chi connectivity index (χ0n) is 15.1. The van der Waals surface area contributed by atoms with Crippen molar-refractivity contribution < 1.29 is 23.0 Å². The maximum absolute atomic E-state index is 13.0. The number of rotatable bonds is 5. The third-order valence-electron chi connectivity index (χ3n) is 6.74. The summed E-state index contributed by atoms with van der Waals surface area (Å²) < 4.78 is 26.9. The number of Topliss-reactive ketones (excluding diaryl/α,β-unsaturated/α-hetero) is 1.